The van der Waals surface area contributed by atoms with E-state index in [4.69, 9.17) is 5.73 Å². The third-order valence-electron chi connectivity index (χ3n) is 3.17. The molecule has 1 aromatic heterocycles. The number of hydrogen-bond donors (Lipinski definition) is 2. The van der Waals surface area contributed by atoms with E-state index in [2.05, 4.69) is 33.2 Å². The zero-order valence-corrected chi connectivity index (χ0v) is 10.5. The summed E-state index contributed by atoms with van der Waals surface area (Å²) in [5.41, 5.74) is 7.08. The number of nitrogens with one attached hydrogen (secondary N) is 1. The summed E-state index contributed by atoms with van der Waals surface area (Å²) in [5.74, 6) is 0.917. The SMILES string of the molecule is Cc1ccnc(NC2(CN)CCC2)c1Br. The van der Waals surface area contributed by atoms with Crippen LogP contribution in [-0.4, -0.2) is 17.1 Å². The van der Waals surface area contributed by atoms with Crippen LogP contribution < -0.4 is 11.1 Å². The maximum Gasteiger partial charge on any atom is 0.141 e. The van der Waals surface area contributed by atoms with Crippen LogP contribution in [0.15, 0.2) is 16.7 Å². The Hall–Kier alpha value is -0.610. The molecule has 1 saturated carbocycles. The number of halogens is 1. The normalized spacial score (nSPS) is 18.3. The lowest BCUT2D eigenvalue weighted by molar-refractivity contribution is 0.286. The van der Waals surface area contributed by atoms with E-state index in [1.165, 1.54) is 12.0 Å². The Labute approximate surface area is 98.6 Å². The van der Waals surface area contributed by atoms with Gasteiger partial charge in [0.05, 0.1) is 10.0 Å². The molecule has 15 heavy (non-hydrogen) atoms. The van der Waals surface area contributed by atoms with E-state index in [1.807, 2.05) is 12.3 Å². The largest absolute Gasteiger partial charge is 0.362 e. The smallest absolute Gasteiger partial charge is 0.141 e. The quantitative estimate of drug-likeness (QED) is 0.887. The van der Waals surface area contributed by atoms with Gasteiger partial charge < -0.3 is 11.1 Å². The lowest BCUT2D eigenvalue weighted by Crippen LogP contribution is -2.51. The maximum atomic E-state index is 5.80. The molecule has 2 rings (SSSR count). The molecule has 1 aliphatic rings. The third kappa shape index (κ3) is 2.01. The fourth-order valence-electron chi connectivity index (χ4n) is 1.86. The van der Waals surface area contributed by atoms with Gasteiger partial charge in [0.2, 0.25) is 0 Å². The summed E-state index contributed by atoms with van der Waals surface area (Å²) in [6, 6.07) is 1.99. The highest BCUT2D eigenvalue weighted by atomic mass is 79.9. The van der Waals surface area contributed by atoms with E-state index >= 15 is 0 Å². The minimum atomic E-state index is 0.0866. The van der Waals surface area contributed by atoms with E-state index in [0.29, 0.717) is 6.54 Å². The summed E-state index contributed by atoms with van der Waals surface area (Å²) < 4.78 is 1.05. The number of nitrogens with two attached hydrogens (primary N) is 1. The van der Waals surface area contributed by atoms with Crippen molar-refractivity contribution in [3.05, 3.63) is 22.3 Å². The predicted octanol–water partition coefficient (Wildman–Crippen LogP) is 2.45. The minimum Gasteiger partial charge on any atom is -0.362 e. The van der Waals surface area contributed by atoms with E-state index in [-0.39, 0.29) is 5.54 Å². The van der Waals surface area contributed by atoms with Crippen LogP contribution in [0.3, 0.4) is 0 Å². The molecule has 3 nitrogen and oxygen atoms in total. The molecule has 0 saturated heterocycles. The van der Waals surface area contributed by atoms with Crippen LogP contribution in [0.5, 0.6) is 0 Å². The second kappa shape index (κ2) is 4.10. The Morgan fingerprint density at radius 2 is 2.33 bits per heavy atom. The Morgan fingerprint density at radius 1 is 1.60 bits per heavy atom. The van der Waals surface area contributed by atoms with E-state index in [9.17, 15) is 0 Å². The Balaban J connectivity index is 2.20. The summed E-state index contributed by atoms with van der Waals surface area (Å²) >= 11 is 3.55. The van der Waals surface area contributed by atoms with Crippen molar-refractivity contribution in [3.63, 3.8) is 0 Å². The molecular weight excluding hydrogens is 254 g/mol. The van der Waals surface area contributed by atoms with Crippen molar-refractivity contribution in [2.45, 2.75) is 31.7 Å². The molecule has 0 radical (unpaired) electrons. The highest BCUT2D eigenvalue weighted by molar-refractivity contribution is 9.10. The van der Waals surface area contributed by atoms with Crippen LogP contribution in [0.2, 0.25) is 0 Å². The summed E-state index contributed by atoms with van der Waals surface area (Å²) in [6.45, 7) is 2.74. The van der Waals surface area contributed by atoms with Gasteiger partial charge >= 0.3 is 0 Å². The predicted molar refractivity (Wildman–Crippen MR) is 65.9 cm³/mol. The van der Waals surface area contributed by atoms with Gasteiger partial charge in [-0.15, -0.1) is 0 Å². The average molecular weight is 270 g/mol. The van der Waals surface area contributed by atoms with Gasteiger partial charge in [-0.3, -0.25) is 0 Å². The van der Waals surface area contributed by atoms with Gasteiger partial charge in [0.1, 0.15) is 5.82 Å². The average Bonchev–Trinajstić information content (AvgIpc) is 2.18. The topological polar surface area (TPSA) is 50.9 Å². The molecule has 0 amide bonds. The van der Waals surface area contributed by atoms with Crippen LogP contribution in [0.25, 0.3) is 0 Å². The van der Waals surface area contributed by atoms with Crippen molar-refractivity contribution in [2.24, 2.45) is 5.73 Å². The van der Waals surface area contributed by atoms with Gasteiger partial charge in [0.15, 0.2) is 0 Å². The Bertz CT molecular complexity index is 355. The summed E-state index contributed by atoms with van der Waals surface area (Å²) in [7, 11) is 0. The first-order valence-electron chi connectivity index (χ1n) is 5.26. The van der Waals surface area contributed by atoms with Gasteiger partial charge in [0, 0.05) is 12.7 Å². The number of pyridine rings is 1. The van der Waals surface area contributed by atoms with Crippen LogP contribution in [0.4, 0.5) is 5.82 Å². The molecule has 0 atom stereocenters. The molecule has 0 aromatic carbocycles. The third-order valence-corrected chi connectivity index (χ3v) is 4.17. The molecule has 0 aliphatic heterocycles. The molecule has 4 heteroatoms. The fraction of sp³-hybridized carbons (Fsp3) is 0.545. The summed E-state index contributed by atoms with van der Waals surface area (Å²) in [6.07, 6.45) is 5.37. The minimum absolute atomic E-state index is 0.0866. The Morgan fingerprint density at radius 3 is 2.87 bits per heavy atom. The lowest BCUT2D eigenvalue weighted by atomic mass is 9.77. The number of aryl methyl sites for hydroxylation is 1. The Kier molecular flexibility index (Phi) is 2.98. The van der Waals surface area contributed by atoms with Crippen molar-refractivity contribution < 1.29 is 0 Å². The van der Waals surface area contributed by atoms with Crippen molar-refractivity contribution in [1.29, 1.82) is 0 Å². The second-order valence-electron chi connectivity index (χ2n) is 4.25. The standard InChI is InChI=1S/C11H16BrN3/c1-8-3-6-14-10(9(8)12)15-11(7-13)4-2-5-11/h3,6H,2,4-5,7,13H2,1H3,(H,14,15). The summed E-state index contributed by atoms with van der Waals surface area (Å²) in [4.78, 5) is 4.34. The first kappa shape index (κ1) is 10.9. The molecule has 1 fully saturated rings. The number of rotatable bonds is 3. The van der Waals surface area contributed by atoms with E-state index in [0.717, 1.165) is 23.1 Å². The van der Waals surface area contributed by atoms with Gasteiger partial charge in [-0.1, -0.05) is 0 Å². The second-order valence-corrected chi connectivity index (χ2v) is 5.05. The van der Waals surface area contributed by atoms with Crippen LogP contribution in [-0.2, 0) is 0 Å². The fourth-order valence-corrected chi connectivity index (χ4v) is 2.20. The first-order valence-corrected chi connectivity index (χ1v) is 6.05. The van der Waals surface area contributed by atoms with Crippen molar-refractivity contribution in [1.82, 2.24) is 4.98 Å². The summed E-state index contributed by atoms with van der Waals surface area (Å²) in [5, 5.41) is 3.47. The number of anilines is 1. The monoisotopic (exact) mass is 269 g/mol. The van der Waals surface area contributed by atoms with Crippen LogP contribution >= 0.6 is 15.9 Å². The van der Waals surface area contributed by atoms with Gasteiger partial charge in [-0.05, 0) is 53.7 Å². The highest BCUT2D eigenvalue weighted by Crippen LogP contribution is 2.36. The van der Waals surface area contributed by atoms with Crippen molar-refractivity contribution >= 4 is 21.7 Å². The molecule has 0 spiro atoms. The van der Waals surface area contributed by atoms with Gasteiger partial charge in [-0.2, -0.15) is 0 Å². The highest BCUT2D eigenvalue weighted by Gasteiger charge is 2.36. The lowest BCUT2D eigenvalue weighted by Gasteiger charge is -2.42. The van der Waals surface area contributed by atoms with Crippen molar-refractivity contribution in [3.8, 4) is 0 Å². The molecule has 1 aromatic rings. The van der Waals surface area contributed by atoms with Crippen molar-refractivity contribution in [2.75, 3.05) is 11.9 Å². The zero-order valence-electron chi connectivity index (χ0n) is 8.89. The van der Waals surface area contributed by atoms with E-state index in [1.54, 1.807) is 0 Å². The zero-order chi connectivity index (χ0) is 10.9. The van der Waals surface area contributed by atoms with E-state index < -0.39 is 0 Å². The number of hydrogen-bond acceptors (Lipinski definition) is 3. The van der Waals surface area contributed by atoms with Gasteiger partial charge in [-0.25, -0.2) is 4.98 Å². The molecule has 1 aliphatic carbocycles. The number of nitrogens with zero attached hydrogens (tertiary/aromatic N) is 1. The molecule has 3 N–H and O–H groups in total. The van der Waals surface area contributed by atoms with Crippen LogP contribution in [0.1, 0.15) is 24.8 Å². The number of aromatic nitrogens is 1. The molecule has 0 unspecified atom stereocenters. The first-order chi connectivity index (χ1) is 7.17. The van der Waals surface area contributed by atoms with Crippen LogP contribution in [0, 0.1) is 6.92 Å². The molecule has 0 bridgehead atoms. The molecule has 82 valence electrons. The maximum absolute atomic E-state index is 5.80. The molecular formula is C11H16BrN3. The molecule has 1 heterocycles. The van der Waals surface area contributed by atoms with Gasteiger partial charge in [0.25, 0.3) is 0 Å².